The molecule has 2 aliphatic rings. The molecule has 1 heterocycles. The first-order valence-electron chi connectivity index (χ1n) is 11.1. The van der Waals surface area contributed by atoms with Crippen LogP contribution in [0.4, 0.5) is 0 Å². The fourth-order valence-corrected chi connectivity index (χ4v) is 4.78. The molecule has 5 heteroatoms. The van der Waals surface area contributed by atoms with E-state index >= 15 is 0 Å². The summed E-state index contributed by atoms with van der Waals surface area (Å²) in [6, 6.07) is 25.1. The van der Waals surface area contributed by atoms with Crippen molar-refractivity contribution in [2.45, 2.75) is 31.1 Å². The number of Topliss-reactive ketones (excluding diaryl/α,β-unsaturated/α-hetero) is 1. The second kappa shape index (κ2) is 8.94. The molecule has 1 aliphatic heterocycles. The summed E-state index contributed by atoms with van der Waals surface area (Å²) in [4.78, 5) is 25.9. The highest BCUT2D eigenvalue weighted by molar-refractivity contribution is 6.02. The molecule has 0 saturated heterocycles. The number of allylic oxidation sites excluding steroid dienone is 2. The monoisotopic (exact) mass is 439 g/mol. The topological polar surface area (TPSA) is 64.6 Å². The van der Waals surface area contributed by atoms with Crippen LogP contribution in [-0.4, -0.2) is 18.8 Å². The van der Waals surface area contributed by atoms with Gasteiger partial charge in [-0.25, -0.2) is 0 Å². The highest BCUT2D eigenvalue weighted by atomic mass is 16.5. The van der Waals surface area contributed by atoms with E-state index in [1.165, 1.54) is 0 Å². The molecule has 1 aliphatic carbocycles. The smallest absolute Gasteiger partial charge is 0.225 e. The number of hydrogen-bond donors (Lipinski definition) is 1. The van der Waals surface area contributed by atoms with Crippen molar-refractivity contribution in [3.8, 4) is 17.2 Å². The summed E-state index contributed by atoms with van der Waals surface area (Å²) in [5.74, 6) is 2.02. The minimum atomic E-state index is -0.266. The molecule has 2 unspecified atom stereocenters. The Balaban J connectivity index is 1.44. The molecule has 5 nitrogen and oxygen atoms in total. The number of ether oxygens (including phenoxy) is 2. The zero-order valence-electron chi connectivity index (χ0n) is 18.4. The van der Waals surface area contributed by atoms with Gasteiger partial charge in [0.2, 0.25) is 5.91 Å². The van der Waals surface area contributed by atoms with Gasteiger partial charge in [-0.2, -0.15) is 0 Å². The van der Waals surface area contributed by atoms with Gasteiger partial charge in [0.15, 0.2) is 5.78 Å². The Bertz CT molecular complexity index is 1210. The quantitative estimate of drug-likeness (QED) is 0.571. The van der Waals surface area contributed by atoms with Crippen LogP contribution >= 0.6 is 0 Å². The molecule has 5 rings (SSSR count). The van der Waals surface area contributed by atoms with Crippen molar-refractivity contribution < 1.29 is 19.1 Å². The van der Waals surface area contributed by atoms with E-state index in [1.807, 2.05) is 78.9 Å². The van der Waals surface area contributed by atoms with E-state index < -0.39 is 0 Å². The summed E-state index contributed by atoms with van der Waals surface area (Å²) in [5, 5.41) is 2.99. The number of carbonyl (C=O) groups excluding carboxylic acids is 2. The van der Waals surface area contributed by atoms with Crippen LogP contribution < -0.4 is 14.8 Å². The first-order valence-corrected chi connectivity index (χ1v) is 11.1. The first kappa shape index (κ1) is 21.0. The van der Waals surface area contributed by atoms with E-state index in [0.717, 1.165) is 33.9 Å². The van der Waals surface area contributed by atoms with Crippen LogP contribution in [0.3, 0.4) is 0 Å². The lowest BCUT2D eigenvalue weighted by atomic mass is 9.73. The number of nitrogens with one attached hydrogen (secondary N) is 1. The third kappa shape index (κ3) is 4.40. The van der Waals surface area contributed by atoms with E-state index in [1.54, 1.807) is 7.11 Å². The summed E-state index contributed by atoms with van der Waals surface area (Å²) in [5.41, 5.74) is 3.48. The Morgan fingerprint density at radius 1 is 0.758 bits per heavy atom. The summed E-state index contributed by atoms with van der Waals surface area (Å²) < 4.78 is 11.2. The van der Waals surface area contributed by atoms with E-state index in [9.17, 15) is 9.59 Å². The molecule has 2 atom stereocenters. The minimum Gasteiger partial charge on any atom is -0.497 e. The first-order chi connectivity index (χ1) is 16.1. The molecule has 0 aromatic heterocycles. The molecule has 0 spiro atoms. The predicted octanol–water partition coefficient (Wildman–Crippen LogP) is 5.49. The van der Waals surface area contributed by atoms with Gasteiger partial charge in [0, 0.05) is 30.0 Å². The molecule has 1 N–H and O–H groups in total. The number of rotatable bonds is 5. The van der Waals surface area contributed by atoms with Gasteiger partial charge in [0.05, 0.1) is 7.11 Å². The average Bonchev–Trinajstić information content (AvgIpc) is 2.84. The maximum Gasteiger partial charge on any atom is 0.225 e. The Morgan fingerprint density at radius 3 is 2.27 bits per heavy atom. The van der Waals surface area contributed by atoms with Crippen molar-refractivity contribution in [2.75, 3.05) is 7.11 Å². The van der Waals surface area contributed by atoms with Crippen molar-refractivity contribution in [3.05, 3.63) is 101 Å². The van der Waals surface area contributed by atoms with E-state index in [4.69, 9.17) is 9.47 Å². The maximum atomic E-state index is 13.3. The van der Waals surface area contributed by atoms with Gasteiger partial charge in [-0.05, 0) is 59.9 Å². The maximum absolute atomic E-state index is 13.3. The number of benzene rings is 3. The van der Waals surface area contributed by atoms with E-state index in [-0.39, 0.29) is 29.9 Å². The Kier molecular flexibility index (Phi) is 5.69. The average molecular weight is 440 g/mol. The number of hydrogen-bond acceptors (Lipinski definition) is 4. The molecule has 0 saturated carbocycles. The van der Waals surface area contributed by atoms with Gasteiger partial charge in [-0.15, -0.1) is 0 Å². The van der Waals surface area contributed by atoms with Gasteiger partial charge in [0.1, 0.15) is 17.2 Å². The molecular weight excluding hydrogens is 414 g/mol. The summed E-state index contributed by atoms with van der Waals surface area (Å²) in [6.07, 6.45) is 1.32. The molecule has 33 heavy (non-hydrogen) atoms. The van der Waals surface area contributed by atoms with Gasteiger partial charge in [0.25, 0.3) is 0 Å². The number of methoxy groups -OCH3 is 1. The van der Waals surface area contributed by atoms with Crippen LogP contribution in [-0.2, 0) is 9.59 Å². The molecule has 0 fully saturated rings. The third-order valence-corrected chi connectivity index (χ3v) is 6.36. The zero-order valence-corrected chi connectivity index (χ0v) is 18.4. The van der Waals surface area contributed by atoms with Crippen LogP contribution in [0.1, 0.15) is 42.2 Å². The van der Waals surface area contributed by atoms with Crippen molar-refractivity contribution in [1.29, 1.82) is 0 Å². The number of ketones is 1. The third-order valence-electron chi connectivity index (χ3n) is 6.36. The van der Waals surface area contributed by atoms with Crippen molar-refractivity contribution in [1.82, 2.24) is 5.32 Å². The Labute approximate surface area is 193 Å². The SMILES string of the molecule is COc1ccc(C2CC(=O)C3=C(C2)NC(=O)CC3c2cccc(Oc3ccccc3)c2)cc1. The van der Waals surface area contributed by atoms with Gasteiger partial charge in [-0.1, -0.05) is 42.5 Å². The number of carbonyl (C=O) groups is 2. The normalized spacial score (nSPS) is 20.2. The molecular formula is C28H25NO4. The van der Waals surface area contributed by atoms with Gasteiger partial charge >= 0.3 is 0 Å². The standard InChI is InChI=1S/C28H25NO4/c1-32-21-12-10-18(11-13-21)20-15-25-28(26(30)16-20)24(17-27(31)29-25)19-6-5-9-23(14-19)33-22-7-3-2-4-8-22/h2-14,20,24H,15-17H2,1H3,(H,29,31). The lowest BCUT2D eigenvalue weighted by Gasteiger charge is -2.34. The van der Waals surface area contributed by atoms with Crippen molar-refractivity contribution >= 4 is 11.7 Å². The number of amides is 1. The van der Waals surface area contributed by atoms with Gasteiger partial charge < -0.3 is 14.8 Å². The van der Waals surface area contributed by atoms with Crippen LogP contribution in [0.2, 0.25) is 0 Å². The van der Waals surface area contributed by atoms with Crippen molar-refractivity contribution in [3.63, 3.8) is 0 Å². The summed E-state index contributed by atoms with van der Waals surface area (Å²) >= 11 is 0. The van der Waals surface area contributed by atoms with Gasteiger partial charge in [-0.3, -0.25) is 9.59 Å². The fourth-order valence-electron chi connectivity index (χ4n) is 4.78. The summed E-state index contributed by atoms with van der Waals surface area (Å²) in [6.45, 7) is 0. The van der Waals surface area contributed by atoms with Crippen LogP contribution in [0.5, 0.6) is 17.2 Å². The lowest BCUT2D eigenvalue weighted by molar-refractivity contribution is -0.122. The second-order valence-electron chi connectivity index (χ2n) is 8.49. The minimum absolute atomic E-state index is 0.0361. The highest BCUT2D eigenvalue weighted by Gasteiger charge is 2.38. The molecule has 3 aromatic rings. The van der Waals surface area contributed by atoms with E-state index in [0.29, 0.717) is 18.6 Å². The zero-order chi connectivity index (χ0) is 22.8. The Hall–Kier alpha value is -3.86. The molecule has 0 bridgehead atoms. The molecule has 166 valence electrons. The molecule has 3 aromatic carbocycles. The number of para-hydroxylation sites is 1. The van der Waals surface area contributed by atoms with E-state index in [2.05, 4.69) is 5.32 Å². The highest BCUT2D eigenvalue weighted by Crippen LogP contribution is 2.43. The summed E-state index contributed by atoms with van der Waals surface area (Å²) in [7, 11) is 1.63. The second-order valence-corrected chi connectivity index (χ2v) is 8.49. The van der Waals surface area contributed by atoms with Crippen LogP contribution in [0.25, 0.3) is 0 Å². The Morgan fingerprint density at radius 2 is 1.52 bits per heavy atom. The predicted molar refractivity (Wildman–Crippen MR) is 125 cm³/mol. The van der Waals surface area contributed by atoms with Crippen LogP contribution in [0, 0.1) is 0 Å². The fraction of sp³-hybridized carbons (Fsp3) is 0.214. The van der Waals surface area contributed by atoms with Crippen LogP contribution in [0.15, 0.2) is 90.1 Å². The molecule has 1 amide bonds. The molecule has 0 radical (unpaired) electrons. The largest absolute Gasteiger partial charge is 0.497 e. The lowest BCUT2D eigenvalue weighted by Crippen LogP contribution is -2.38. The van der Waals surface area contributed by atoms with Crippen molar-refractivity contribution in [2.24, 2.45) is 0 Å².